The van der Waals surface area contributed by atoms with Crippen molar-refractivity contribution in [3.8, 4) is 11.1 Å². The number of H-pyrrole nitrogens is 1. The molecular formula is C17H18N2O2S. The van der Waals surface area contributed by atoms with Gasteiger partial charge >= 0.3 is 0 Å². The SMILES string of the molecule is Cc1[nH]c2ccccc2c1-c1cccc(S(=O)(=O)N(C)C)c1. The summed E-state index contributed by atoms with van der Waals surface area (Å²) in [5.41, 5.74) is 4.03. The zero-order valence-electron chi connectivity index (χ0n) is 12.8. The van der Waals surface area contributed by atoms with Gasteiger partial charge in [0.25, 0.3) is 0 Å². The average Bonchev–Trinajstić information content (AvgIpc) is 2.83. The third kappa shape index (κ3) is 2.32. The van der Waals surface area contributed by atoms with Crippen molar-refractivity contribution in [1.29, 1.82) is 0 Å². The van der Waals surface area contributed by atoms with Gasteiger partial charge in [-0.25, -0.2) is 12.7 Å². The lowest BCUT2D eigenvalue weighted by Crippen LogP contribution is -2.22. The number of aryl methyl sites for hydroxylation is 1. The zero-order valence-corrected chi connectivity index (χ0v) is 13.6. The third-order valence-electron chi connectivity index (χ3n) is 3.79. The highest BCUT2D eigenvalue weighted by Crippen LogP contribution is 2.33. The molecule has 0 saturated carbocycles. The largest absolute Gasteiger partial charge is 0.358 e. The molecule has 0 aliphatic heterocycles. The molecule has 0 radical (unpaired) electrons. The smallest absolute Gasteiger partial charge is 0.242 e. The van der Waals surface area contributed by atoms with E-state index in [1.54, 1.807) is 32.3 Å². The van der Waals surface area contributed by atoms with Gasteiger partial charge in [-0.2, -0.15) is 0 Å². The van der Waals surface area contributed by atoms with Crippen LogP contribution in [0.3, 0.4) is 0 Å². The van der Waals surface area contributed by atoms with E-state index in [-0.39, 0.29) is 0 Å². The summed E-state index contributed by atoms with van der Waals surface area (Å²) in [4.78, 5) is 3.65. The molecule has 0 atom stereocenters. The van der Waals surface area contributed by atoms with Crippen LogP contribution in [0.1, 0.15) is 5.69 Å². The Kier molecular flexibility index (Phi) is 3.54. The fourth-order valence-corrected chi connectivity index (χ4v) is 3.62. The Bertz CT molecular complexity index is 940. The van der Waals surface area contributed by atoms with Crippen molar-refractivity contribution in [1.82, 2.24) is 9.29 Å². The van der Waals surface area contributed by atoms with Crippen molar-refractivity contribution in [3.63, 3.8) is 0 Å². The molecule has 0 spiro atoms. The summed E-state index contributed by atoms with van der Waals surface area (Å²) in [5.74, 6) is 0. The molecule has 1 heterocycles. The Balaban J connectivity index is 2.23. The first-order valence-corrected chi connectivity index (χ1v) is 8.45. The number of para-hydroxylation sites is 1. The molecule has 22 heavy (non-hydrogen) atoms. The molecule has 4 nitrogen and oxygen atoms in total. The summed E-state index contributed by atoms with van der Waals surface area (Å²) in [6.07, 6.45) is 0. The molecule has 3 rings (SSSR count). The van der Waals surface area contributed by atoms with Crippen LogP contribution < -0.4 is 0 Å². The zero-order chi connectivity index (χ0) is 15.9. The van der Waals surface area contributed by atoms with Crippen LogP contribution in [0, 0.1) is 6.92 Å². The summed E-state index contributed by atoms with van der Waals surface area (Å²) in [7, 11) is -0.352. The number of sulfonamides is 1. The Morgan fingerprint density at radius 1 is 1.00 bits per heavy atom. The Morgan fingerprint density at radius 3 is 2.45 bits per heavy atom. The van der Waals surface area contributed by atoms with Crippen LogP contribution >= 0.6 is 0 Å². The van der Waals surface area contributed by atoms with Gasteiger partial charge in [0.15, 0.2) is 0 Å². The molecule has 0 unspecified atom stereocenters. The molecule has 2 aromatic carbocycles. The standard InChI is InChI=1S/C17H18N2O2S/c1-12-17(15-9-4-5-10-16(15)18-12)13-7-6-8-14(11-13)22(20,21)19(2)3/h4-11,18H,1-3H3. The van der Waals surface area contributed by atoms with Gasteiger partial charge in [0.05, 0.1) is 4.90 Å². The fourth-order valence-electron chi connectivity index (χ4n) is 2.67. The van der Waals surface area contributed by atoms with E-state index < -0.39 is 10.0 Å². The summed E-state index contributed by atoms with van der Waals surface area (Å²) in [6, 6.07) is 15.1. The van der Waals surface area contributed by atoms with E-state index in [1.807, 2.05) is 37.3 Å². The highest BCUT2D eigenvalue weighted by atomic mass is 32.2. The minimum Gasteiger partial charge on any atom is -0.358 e. The van der Waals surface area contributed by atoms with Gasteiger partial charge in [-0.1, -0.05) is 30.3 Å². The van der Waals surface area contributed by atoms with Crippen molar-refractivity contribution in [2.24, 2.45) is 0 Å². The van der Waals surface area contributed by atoms with E-state index in [1.165, 1.54) is 4.31 Å². The normalized spacial score (nSPS) is 12.2. The van der Waals surface area contributed by atoms with Crippen LogP contribution in [-0.4, -0.2) is 31.8 Å². The molecule has 5 heteroatoms. The van der Waals surface area contributed by atoms with E-state index in [4.69, 9.17) is 0 Å². The van der Waals surface area contributed by atoms with Gasteiger partial charge in [-0.15, -0.1) is 0 Å². The maximum absolute atomic E-state index is 12.3. The second kappa shape index (κ2) is 5.26. The summed E-state index contributed by atoms with van der Waals surface area (Å²) in [6.45, 7) is 2.00. The number of aromatic nitrogens is 1. The monoisotopic (exact) mass is 314 g/mol. The Hall–Kier alpha value is -2.11. The molecule has 0 amide bonds. The first-order valence-electron chi connectivity index (χ1n) is 7.01. The van der Waals surface area contributed by atoms with Gasteiger partial charge in [0.1, 0.15) is 0 Å². The Labute approximate surface area is 130 Å². The average molecular weight is 314 g/mol. The first-order chi connectivity index (χ1) is 10.4. The molecule has 0 aliphatic rings. The van der Waals surface area contributed by atoms with Gasteiger partial charge < -0.3 is 4.98 Å². The summed E-state index contributed by atoms with van der Waals surface area (Å²) in [5, 5.41) is 1.10. The van der Waals surface area contributed by atoms with Crippen LogP contribution in [0.15, 0.2) is 53.4 Å². The third-order valence-corrected chi connectivity index (χ3v) is 5.61. The highest BCUT2D eigenvalue weighted by molar-refractivity contribution is 7.89. The molecule has 0 bridgehead atoms. The predicted octanol–water partition coefficient (Wildman–Crippen LogP) is 3.39. The predicted molar refractivity (Wildman–Crippen MR) is 89.3 cm³/mol. The highest BCUT2D eigenvalue weighted by Gasteiger charge is 2.18. The maximum atomic E-state index is 12.3. The molecule has 0 aliphatic carbocycles. The molecule has 0 fully saturated rings. The molecule has 1 aromatic heterocycles. The number of hydrogen-bond acceptors (Lipinski definition) is 2. The molecular weight excluding hydrogens is 296 g/mol. The van der Waals surface area contributed by atoms with Crippen molar-refractivity contribution in [3.05, 3.63) is 54.2 Å². The quantitative estimate of drug-likeness (QED) is 0.805. The minimum absolute atomic E-state index is 0.305. The van der Waals surface area contributed by atoms with E-state index in [9.17, 15) is 8.42 Å². The van der Waals surface area contributed by atoms with E-state index in [2.05, 4.69) is 4.98 Å². The van der Waals surface area contributed by atoms with Gasteiger partial charge in [-0.3, -0.25) is 0 Å². The summed E-state index contributed by atoms with van der Waals surface area (Å²) >= 11 is 0. The van der Waals surface area contributed by atoms with Crippen molar-refractivity contribution in [2.45, 2.75) is 11.8 Å². The number of hydrogen-bond donors (Lipinski definition) is 1. The fraction of sp³-hybridized carbons (Fsp3) is 0.176. The number of nitrogens with one attached hydrogen (secondary N) is 1. The van der Waals surface area contributed by atoms with Crippen LogP contribution in [0.2, 0.25) is 0 Å². The molecule has 114 valence electrons. The Morgan fingerprint density at radius 2 is 1.73 bits per heavy atom. The second-order valence-electron chi connectivity index (χ2n) is 5.49. The molecule has 1 N–H and O–H groups in total. The molecule has 0 saturated heterocycles. The van der Waals surface area contributed by atoms with Crippen LogP contribution in [0.4, 0.5) is 0 Å². The van der Waals surface area contributed by atoms with Crippen molar-refractivity contribution >= 4 is 20.9 Å². The number of rotatable bonds is 3. The lowest BCUT2D eigenvalue weighted by atomic mass is 10.0. The number of benzene rings is 2. The lowest BCUT2D eigenvalue weighted by Gasteiger charge is -2.12. The van der Waals surface area contributed by atoms with Gasteiger partial charge in [-0.05, 0) is 30.7 Å². The van der Waals surface area contributed by atoms with E-state index in [0.717, 1.165) is 27.7 Å². The topological polar surface area (TPSA) is 53.2 Å². The lowest BCUT2D eigenvalue weighted by molar-refractivity contribution is 0.521. The number of fused-ring (bicyclic) bond motifs is 1. The van der Waals surface area contributed by atoms with Crippen LogP contribution in [0.5, 0.6) is 0 Å². The van der Waals surface area contributed by atoms with Crippen LogP contribution in [0.25, 0.3) is 22.0 Å². The van der Waals surface area contributed by atoms with Crippen molar-refractivity contribution in [2.75, 3.05) is 14.1 Å². The van der Waals surface area contributed by atoms with Crippen molar-refractivity contribution < 1.29 is 8.42 Å². The number of nitrogens with zero attached hydrogens (tertiary/aromatic N) is 1. The second-order valence-corrected chi connectivity index (χ2v) is 7.64. The van der Waals surface area contributed by atoms with Gasteiger partial charge in [0, 0.05) is 36.3 Å². The van der Waals surface area contributed by atoms with Gasteiger partial charge in [0.2, 0.25) is 10.0 Å². The van der Waals surface area contributed by atoms with Crippen LogP contribution in [-0.2, 0) is 10.0 Å². The van der Waals surface area contributed by atoms with E-state index in [0.29, 0.717) is 4.90 Å². The first kappa shape index (κ1) is 14.8. The minimum atomic E-state index is -3.43. The maximum Gasteiger partial charge on any atom is 0.242 e. The molecule has 3 aromatic rings. The van der Waals surface area contributed by atoms with E-state index >= 15 is 0 Å². The summed E-state index contributed by atoms with van der Waals surface area (Å²) < 4.78 is 25.9. The number of aromatic amines is 1.